The second-order valence-electron chi connectivity index (χ2n) is 17.1. The number of benzene rings is 1. The van der Waals surface area contributed by atoms with Crippen molar-refractivity contribution in [2.45, 2.75) is 142 Å². The Kier molecular flexibility index (Phi) is 16.1. The number of carbonyl (C=O) groups is 2. The molecule has 0 radical (unpaired) electrons. The Balaban J connectivity index is 1.47. The molecule has 1 aromatic carbocycles. The van der Waals surface area contributed by atoms with E-state index in [9.17, 15) is 24.9 Å². The maximum Gasteiger partial charge on any atom is 0.308 e. The molecule has 0 spiro atoms. The van der Waals surface area contributed by atoms with Gasteiger partial charge in [-0.1, -0.05) is 69.2 Å². The van der Waals surface area contributed by atoms with Gasteiger partial charge in [0.25, 0.3) is 0 Å². The van der Waals surface area contributed by atoms with Gasteiger partial charge in [-0.3, -0.25) is 14.5 Å². The van der Waals surface area contributed by atoms with Crippen LogP contribution in [0.2, 0.25) is 0 Å². The summed E-state index contributed by atoms with van der Waals surface area (Å²) in [5, 5.41) is 34.4. The monoisotopic (exact) mass is 768 g/mol. The van der Waals surface area contributed by atoms with Crippen LogP contribution in [0.5, 0.6) is 0 Å². The summed E-state index contributed by atoms with van der Waals surface area (Å²) >= 11 is 0. The molecule has 0 unspecified atom stereocenters. The number of nitrogens with zero attached hydrogens (tertiary/aromatic N) is 3. The largest absolute Gasteiger partial charge is 0.462 e. The molecule has 2 saturated heterocycles. The molecule has 0 saturated carbocycles. The molecule has 4 heterocycles. The molecule has 308 valence electrons. The number of rotatable bonds is 9. The first kappa shape index (κ1) is 43.6. The molecule has 11 heteroatoms. The number of likely N-dealkylation sites (N-methyl/N-ethyl adjacent to an activating group) is 1. The molecular formula is C44H69N3O8. The van der Waals surface area contributed by atoms with E-state index in [4.69, 9.17) is 14.2 Å². The zero-order valence-electron chi connectivity index (χ0n) is 34.4. The van der Waals surface area contributed by atoms with Gasteiger partial charge >= 0.3 is 5.97 Å². The topological polar surface area (TPSA) is 132 Å². The summed E-state index contributed by atoms with van der Waals surface area (Å²) < 4.78 is 19.2. The van der Waals surface area contributed by atoms with Crippen molar-refractivity contribution in [3.8, 4) is 0 Å². The minimum atomic E-state index is -1.19. The Labute approximate surface area is 329 Å². The molecule has 3 N–H and O–H groups in total. The fourth-order valence-corrected chi connectivity index (χ4v) is 9.21. The number of likely N-dealkylation sites (tertiary alicyclic amines) is 1. The fourth-order valence-electron chi connectivity index (χ4n) is 9.21. The second-order valence-corrected chi connectivity index (χ2v) is 17.1. The van der Waals surface area contributed by atoms with Crippen molar-refractivity contribution >= 4 is 11.8 Å². The van der Waals surface area contributed by atoms with Gasteiger partial charge < -0.3 is 39.3 Å². The Morgan fingerprint density at radius 1 is 0.927 bits per heavy atom. The predicted octanol–water partition coefficient (Wildman–Crippen LogP) is 4.71. The van der Waals surface area contributed by atoms with E-state index in [0.717, 1.165) is 57.7 Å². The lowest BCUT2D eigenvalue weighted by molar-refractivity contribution is -0.304. The molecule has 2 fully saturated rings. The predicted molar refractivity (Wildman–Crippen MR) is 213 cm³/mol. The lowest BCUT2D eigenvalue weighted by atomic mass is 9.79. The van der Waals surface area contributed by atoms with E-state index in [-0.39, 0.29) is 30.0 Å². The molecule has 4 aliphatic rings. The molecule has 12 atom stereocenters. The number of aliphatic hydroxyl groups excluding tert-OH is 3. The van der Waals surface area contributed by atoms with Gasteiger partial charge in [-0.2, -0.15) is 0 Å². The van der Waals surface area contributed by atoms with E-state index in [1.807, 2.05) is 33.8 Å². The molecule has 5 rings (SSSR count). The summed E-state index contributed by atoms with van der Waals surface area (Å²) in [6.07, 6.45) is 4.63. The first-order chi connectivity index (χ1) is 26.2. The standard InChI is InChI=1S/C44H69N3O8/c1-8-38-35(27-46-19-12-9-13-20-46)22-28(2)16-17-36(48)29(3)23-32(18-21-47-25-33-14-10-11-15-34(33)26-47)43(30(4)37(49)24-39(50)54-38)55-44-42(52)40(45(6)7)41(51)31(5)53-44/h10-11,14-17,22,29-32,35,37-38,40-44,49,51-52H,8-9,12-13,18-21,23-27H2,1-7H3/b17-16+,28-22+/t29-,30+,31-,32+,35-,37-,38-,40+,41-,42-,43-,44+/m1/s1. The molecule has 0 aliphatic carbocycles. The number of piperidine rings is 1. The van der Waals surface area contributed by atoms with Crippen molar-refractivity contribution < 1.29 is 39.1 Å². The van der Waals surface area contributed by atoms with Gasteiger partial charge in [-0.25, -0.2) is 0 Å². The Hall–Kier alpha value is -2.48. The number of carbonyl (C=O) groups excluding carboxylic acids is 2. The fraction of sp³-hybridized carbons (Fsp3) is 0.727. The second kappa shape index (κ2) is 20.3. The third kappa shape index (κ3) is 11.6. The summed E-state index contributed by atoms with van der Waals surface area (Å²) in [5.41, 5.74) is 3.55. The molecular weight excluding hydrogens is 698 g/mol. The smallest absolute Gasteiger partial charge is 0.308 e. The average molecular weight is 768 g/mol. The number of ketones is 1. The van der Waals surface area contributed by atoms with Crippen LogP contribution in [0.1, 0.15) is 90.7 Å². The third-order valence-corrected chi connectivity index (χ3v) is 12.6. The summed E-state index contributed by atoms with van der Waals surface area (Å²) in [6, 6.07) is 7.79. The summed E-state index contributed by atoms with van der Waals surface area (Å²) in [6.45, 7) is 14.7. The van der Waals surface area contributed by atoms with E-state index >= 15 is 0 Å². The number of cyclic esters (lactones) is 1. The van der Waals surface area contributed by atoms with Gasteiger partial charge in [0.05, 0.1) is 36.9 Å². The first-order valence-corrected chi connectivity index (χ1v) is 20.9. The normalized spacial score (nSPS) is 38.0. The Bertz CT molecular complexity index is 1440. The molecule has 55 heavy (non-hydrogen) atoms. The van der Waals surface area contributed by atoms with Gasteiger partial charge in [-0.15, -0.1) is 0 Å². The van der Waals surface area contributed by atoms with Crippen LogP contribution >= 0.6 is 0 Å². The lowest BCUT2D eigenvalue weighted by Gasteiger charge is -2.46. The van der Waals surface area contributed by atoms with Crippen LogP contribution in [0.15, 0.2) is 48.1 Å². The highest BCUT2D eigenvalue weighted by Gasteiger charge is 2.47. The van der Waals surface area contributed by atoms with E-state index < -0.39 is 60.8 Å². The zero-order valence-corrected chi connectivity index (χ0v) is 34.4. The van der Waals surface area contributed by atoms with Gasteiger partial charge in [0, 0.05) is 37.4 Å². The number of esters is 1. The molecule has 1 aromatic rings. The van der Waals surface area contributed by atoms with Crippen LogP contribution in [0.4, 0.5) is 0 Å². The average Bonchev–Trinajstić information content (AvgIpc) is 3.58. The number of fused-ring (bicyclic) bond motifs is 1. The molecule has 11 nitrogen and oxygen atoms in total. The van der Waals surface area contributed by atoms with Crippen LogP contribution in [-0.2, 0) is 36.9 Å². The van der Waals surface area contributed by atoms with Crippen molar-refractivity contribution in [2.75, 3.05) is 40.3 Å². The SMILES string of the molecule is CC[C@H]1OC(=O)C[C@@H](O)[C@H](C)[C@@H](O[C@@H]2O[C@H](C)[C@@H](O)[C@H](N(C)C)[C@H]2O)[C@@H](CCN2Cc3ccccc3C2)C[C@@H](C)C(=O)/C=C/C(C)=C/[C@@H]1CN1CCCCC1. The van der Waals surface area contributed by atoms with Crippen molar-refractivity contribution in [1.82, 2.24) is 14.7 Å². The van der Waals surface area contributed by atoms with E-state index in [1.54, 1.807) is 32.0 Å². The van der Waals surface area contributed by atoms with Crippen molar-refractivity contribution in [3.63, 3.8) is 0 Å². The van der Waals surface area contributed by atoms with Crippen molar-refractivity contribution in [2.24, 2.45) is 23.7 Å². The van der Waals surface area contributed by atoms with Crippen LogP contribution in [0, 0.1) is 23.7 Å². The Morgan fingerprint density at radius 2 is 1.60 bits per heavy atom. The van der Waals surface area contributed by atoms with Crippen molar-refractivity contribution in [1.29, 1.82) is 0 Å². The van der Waals surface area contributed by atoms with Gasteiger partial charge in [0.1, 0.15) is 12.2 Å². The Morgan fingerprint density at radius 3 is 2.24 bits per heavy atom. The molecule has 4 aliphatic heterocycles. The van der Waals surface area contributed by atoms with Crippen LogP contribution < -0.4 is 0 Å². The molecule has 0 bridgehead atoms. The highest BCUT2D eigenvalue weighted by Crippen LogP contribution is 2.36. The minimum absolute atomic E-state index is 0.00907. The minimum Gasteiger partial charge on any atom is -0.462 e. The summed E-state index contributed by atoms with van der Waals surface area (Å²) in [4.78, 5) is 34.2. The molecule has 0 aromatic heterocycles. The van der Waals surface area contributed by atoms with Gasteiger partial charge in [0.2, 0.25) is 0 Å². The third-order valence-electron chi connectivity index (χ3n) is 12.6. The number of aliphatic hydroxyl groups is 3. The maximum atomic E-state index is 13.9. The lowest BCUT2D eigenvalue weighted by Crippen LogP contribution is -2.63. The van der Waals surface area contributed by atoms with Crippen LogP contribution in [0.3, 0.4) is 0 Å². The van der Waals surface area contributed by atoms with Gasteiger partial charge in [0.15, 0.2) is 12.1 Å². The van der Waals surface area contributed by atoms with Crippen molar-refractivity contribution in [3.05, 3.63) is 59.2 Å². The number of hydrogen-bond acceptors (Lipinski definition) is 11. The number of allylic oxidation sites excluding steroid dienone is 3. The maximum absolute atomic E-state index is 13.9. The summed E-state index contributed by atoms with van der Waals surface area (Å²) in [7, 11) is 3.59. The van der Waals surface area contributed by atoms with E-state index in [0.29, 0.717) is 19.3 Å². The van der Waals surface area contributed by atoms with E-state index in [1.165, 1.54) is 17.5 Å². The molecule has 0 amide bonds. The van der Waals surface area contributed by atoms with Gasteiger partial charge in [-0.05, 0) is 103 Å². The highest BCUT2D eigenvalue weighted by atomic mass is 16.7. The van der Waals surface area contributed by atoms with E-state index in [2.05, 4.69) is 40.1 Å². The number of ether oxygens (including phenoxy) is 3. The van der Waals surface area contributed by atoms with Crippen LogP contribution in [0.25, 0.3) is 0 Å². The van der Waals surface area contributed by atoms with Crippen LogP contribution in [-0.4, -0.2) is 131 Å². The number of hydrogen-bond donors (Lipinski definition) is 3. The highest BCUT2D eigenvalue weighted by molar-refractivity contribution is 5.91. The quantitative estimate of drug-likeness (QED) is 0.302. The first-order valence-electron chi connectivity index (χ1n) is 20.9. The zero-order chi connectivity index (χ0) is 39.8. The summed E-state index contributed by atoms with van der Waals surface area (Å²) in [5.74, 6) is -1.74.